The van der Waals surface area contributed by atoms with Gasteiger partial charge in [-0.05, 0) is 30.5 Å². The number of nitrogens with zero attached hydrogens (tertiary/aromatic N) is 7. The maximum atomic E-state index is 15.2. The molecule has 1 N–H and O–H groups in total. The topological polar surface area (TPSA) is 100 Å². The lowest BCUT2D eigenvalue weighted by molar-refractivity contribution is 0.0766. The number of aliphatic hydroxyl groups excluding tert-OH is 1. The van der Waals surface area contributed by atoms with E-state index < -0.39 is 17.5 Å². The molecule has 0 radical (unpaired) electrons. The summed E-state index contributed by atoms with van der Waals surface area (Å²) in [5.74, 6) is -0.838. The number of benzene rings is 1. The first-order valence-electron chi connectivity index (χ1n) is 12.2. The van der Waals surface area contributed by atoms with Gasteiger partial charge in [-0.25, -0.2) is 28.7 Å². The molecule has 1 amide bonds. The van der Waals surface area contributed by atoms with Gasteiger partial charge in [0.25, 0.3) is 5.91 Å². The first kappa shape index (κ1) is 25.9. The fraction of sp³-hybridized carbons (Fsp3) is 0.346. The fourth-order valence-electron chi connectivity index (χ4n) is 4.80. The highest BCUT2D eigenvalue weighted by molar-refractivity contribution is 6.30. The van der Waals surface area contributed by atoms with Crippen molar-refractivity contribution in [1.29, 1.82) is 0 Å². The Morgan fingerprint density at radius 1 is 1.13 bits per heavy atom. The predicted octanol–water partition coefficient (Wildman–Crippen LogP) is 3.65. The third-order valence-corrected chi connectivity index (χ3v) is 7.02. The van der Waals surface area contributed by atoms with Gasteiger partial charge in [0, 0.05) is 50.9 Å². The van der Waals surface area contributed by atoms with Gasteiger partial charge in [-0.1, -0.05) is 17.7 Å². The lowest BCUT2D eigenvalue weighted by Crippen LogP contribution is -2.35. The summed E-state index contributed by atoms with van der Waals surface area (Å²) >= 11 is 5.89. The maximum absolute atomic E-state index is 15.2. The van der Waals surface area contributed by atoms with E-state index in [0.717, 1.165) is 18.9 Å². The molecule has 198 valence electrons. The summed E-state index contributed by atoms with van der Waals surface area (Å²) in [6, 6.07) is 4.20. The van der Waals surface area contributed by atoms with Crippen molar-refractivity contribution in [2.24, 2.45) is 0 Å². The van der Waals surface area contributed by atoms with Gasteiger partial charge in [0.05, 0.1) is 35.1 Å². The van der Waals surface area contributed by atoms with E-state index in [4.69, 9.17) is 16.7 Å². The Balaban J connectivity index is 1.35. The third kappa shape index (κ3) is 5.16. The number of amides is 1. The molecule has 0 atom stereocenters. The van der Waals surface area contributed by atoms with Crippen LogP contribution in [0.5, 0.6) is 0 Å². The van der Waals surface area contributed by atoms with Crippen LogP contribution in [0.4, 0.5) is 14.7 Å². The molecule has 4 aromatic rings. The number of piperidine rings is 1. The zero-order valence-corrected chi connectivity index (χ0v) is 21.4. The van der Waals surface area contributed by atoms with E-state index in [0.29, 0.717) is 35.4 Å². The quantitative estimate of drug-likeness (QED) is 0.381. The minimum absolute atomic E-state index is 0.0197. The summed E-state index contributed by atoms with van der Waals surface area (Å²) in [6.45, 7) is 1.34. The molecule has 0 unspecified atom stereocenters. The largest absolute Gasteiger partial charge is 0.395 e. The summed E-state index contributed by atoms with van der Waals surface area (Å²) in [5.41, 5.74) is 1.29. The van der Waals surface area contributed by atoms with Crippen molar-refractivity contribution in [2.75, 3.05) is 38.2 Å². The predicted molar refractivity (Wildman–Crippen MR) is 138 cm³/mol. The van der Waals surface area contributed by atoms with Crippen molar-refractivity contribution < 1.29 is 18.7 Å². The number of halogens is 3. The van der Waals surface area contributed by atoms with E-state index >= 15 is 4.39 Å². The molecule has 3 aromatic heterocycles. The first-order valence-corrected chi connectivity index (χ1v) is 12.6. The van der Waals surface area contributed by atoms with Crippen LogP contribution in [0.3, 0.4) is 0 Å². The highest BCUT2D eigenvalue weighted by atomic mass is 35.5. The molecule has 0 spiro atoms. The highest BCUT2D eigenvalue weighted by Gasteiger charge is 2.26. The van der Waals surface area contributed by atoms with Crippen LogP contribution in [0, 0.1) is 11.6 Å². The molecule has 1 aromatic carbocycles. The van der Waals surface area contributed by atoms with Crippen LogP contribution in [-0.4, -0.2) is 73.7 Å². The zero-order valence-electron chi connectivity index (χ0n) is 20.7. The summed E-state index contributed by atoms with van der Waals surface area (Å²) in [4.78, 5) is 33.0. The van der Waals surface area contributed by atoms with E-state index in [2.05, 4.69) is 24.8 Å². The molecule has 0 aliphatic carbocycles. The van der Waals surface area contributed by atoms with Crippen LogP contribution in [0.2, 0.25) is 5.02 Å². The molecule has 1 aliphatic rings. The van der Waals surface area contributed by atoms with Gasteiger partial charge in [-0.2, -0.15) is 0 Å². The number of carbonyl (C=O) groups is 1. The van der Waals surface area contributed by atoms with Gasteiger partial charge in [0.2, 0.25) is 5.95 Å². The number of hydrogen-bond acceptors (Lipinski definition) is 7. The second kappa shape index (κ2) is 11.0. The van der Waals surface area contributed by atoms with E-state index in [1.807, 2.05) is 4.57 Å². The van der Waals surface area contributed by atoms with Crippen molar-refractivity contribution in [3.8, 4) is 0 Å². The third-order valence-electron chi connectivity index (χ3n) is 6.83. The number of likely N-dealkylation sites (N-methyl/N-ethyl adjacent to an activating group) is 1. The SMILES string of the molecule is CN(CCO)C(=O)c1ccc(Cc2ncnc3c2c(F)cn3C2CCN(c3ncc(Cl)cn3)CC2)c(F)c1. The lowest BCUT2D eigenvalue weighted by Gasteiger charge is -2.32. The van der Waals surface area contributed by atoms with Gasteiger partial charge in [-0.3, -0.25) is 4.79 Å². The molecule has 9 nitrogen and oxygen atoms in total. The van der Waals surface area contributed by atoms with E-state index in [-0.39, 0.29) is 42.1 Å². The Labute approximate surface area is 222 Å². The van der Waals surface area contributed by atoms with Gasteiger partial charge >= 0.3 is 0 Å². The number of hydrogen-bond donors (Lipinski definition) is 1. The van der Waals surface area contributed by atoms with Crippen molar-refractivity contribution in [1.82, 2.24) is 29.4 Å². The molecule has 5 rings (SSSR count). The molecule has 0 saturated carbocycles. The van der Waals surface area contributed by atoms with Crippen molar-refractivity contribution in [3.05, 3.63) is 76.6 Å². The van der Waals surface area contributed by atoms with Crippen LogP contribution < -0.4 is 4.90 Å². The van der Waals surface area contributed by atoms with Gasteiger partial charge in [0.1, 0.15) is 17.8 Å². The van der Waals surface area contributed by atoms with Crippen molar-refractivity contribution >= 4 is 34.5 Å². The van der Waals surface area contributed by atoms with Crippen LogP contribution in [0.25, 0.3) is 11.0 Å². The van der Waals surface area contributed by atoms with E-state index in [9.17, 15) is 9.18 Å². The molecule has 1 aliphatic heterocycles. The van der Waals surface area contributed by atoms with Crippen LogP contribution in [0.15, 0.2) is 43.1 Å². The second-order valence-corrected chi connectivity index (χ2v) is 9.69. The summed E-state index contributed by atoms with van der Waals surface area (Å²) < 4.78 is 32.0. The Morgan fingerprint density at radius 3 is 2.55 bits per heavy atom. The molecule has 12 heteroatoms. The number of rotatable bonds is 7. The van der Waals surface area contributed by atoms with Crippen LogP contribution in [0.1, 0.15) is 40.5 Å². The number of aromatic nitrogens is 5. The Hall–Kier alpha value is -3.70. The second-order valence-electron chi connectivity index (χ2n) is 9.26. The molecule has 4 heterocycles. The molecule has 1 saturated heterocycles. The van der Waals surface area contributed by atoms with Crippen molar-refractivity contribution in [3.63, 3.8) is 0 Å². The van der Waals surface area contributed by atoms with Gasteiger partial charge in [0.15, 0.2) is 5.82 Å². The van der Waals surface area contributed by atoms with E-state index in [1.54, 1.807) is 12.4 Å². The number of carbonyl (C=O) groups excluding carboxylic acids is 1. The molecule has 1 fully saturated rings. The Bertz CT molecular complexity index is 1460. The van der Waals surface area contributed by atoms with E-state index in [1.165, 1.54) is 36.6 Å². The number of fused-ring (bicyclic) bond motifs is 1. The molecular weight excluding hydrogens is 516 g/mol. The smallest absolute Gasteiger partial charge is 0.253 e. The maximum Gasteiger partial charge on any atom is 0.253 e. The highest BCUT2D eigenvalue weighted by Crippen LogP contribution is 2.31. The van der Waals surface area contributed by atoms with Crippen molar-refractivity contribution in [2.45, 2.75) is 25.3 Å². The summed E-state index contributed by atoms with van der Waals surface area (Å²) in [5, 5.41) is 9.77. The minimum atomic E-state index is -0.586. The monoisotopic (exact) mass is 541 g/mol. The molecule has 38 heavy (non-hydrogen) atoms. The molecular formula is C26H26ClF2N7O2. The van der Waals surface area contributed by atoms with Gasteiger partial charge < -0.3 is 19.5 Å². The lowest BCUT2D eigenvalue weighted by atomic mass is 10.0. The summed E-state index contributed by atoms with van der Waals surface area (Å²) in [6.07, 6.45) is 7.45. The Kier molecular flexibility index (Phi) is 7.48. The first-order chi connectivity index (χ1) is 18.4. The fourth-order valence-corrected chi connectivity index (χ4v) is 4.90. The number of anilines is 1. The normalized spacial score (nSPS) is 14.3. The summed E-state index contributed by atoms with van der Waals surface area (Å²) in [7, 11) is 1.53. The average molecular weight is 542 g/mol. The Morgan fingerprint density at radius 2 is 1.87 bits per heavy atom. The average Bonchev–Trinajstić information content (AvgIpc) is 3.27. The van der Waals surface area contributed by atoms with Crippen LogP contribution >= 0.6 is 11.6 Å². The molecule has 0 bridgehead atoms. The number of aliphatic hydroxyl groups is 1. The van der Waals surface area contributed by atoms with Gasteiger partial charge in [-0.15, -0.1) is 0 Å². The zero-order chi connectivity index (χ0) is 26.8. The van der Waals surface area contributed by atoms with Crippen LogP contribution in [-0.2, 0) is 6.42 Å². The standard InChI is InChI=1S/C26H26ClF2N7O2/c1-34(8-9-37)25(38)17-3-2-16(20(28)10-17)11-22-23-21(29)14-36(24(23)33-15-32-22)19-4-6-35(7-5-19)26-30-12-18(27)13-31-26/h2-3,10,12-15,19,37H,4-9,11H2,1H3. The minimum Gasteiger partial charge on any atom is -0.395 e.